The summed E-state index contributed by atoms with van der Waals surface area (Å²) in [5, 5.41) is 11.7. The molecule has 1 aromatic rings. The molecule has 9 heteroatoms. The van der Waals surface area contributed by atoms with Crippen molar-refractivity contribution in [2.24, 2.45) is 10.1 Å². The van der Waals surface area contributed by atoms with Crippen molar-refractivity contribution in [3.63, 3.8) is 0 Å². The van der Waals surface area contributed by atoms with Crippen LogP contribution in [0.25, 0.3) is 0 Å². The van der Waals surface area contributed by atoms with Gasteiger partial charge in [-0.3, -0.25) is 0 Å². The molecule has 0 radical (unpaired) electrons. The number of sulfonamides is 1. The fourth-order valence-electron chi connectivity index (χ4n) is 0.467. The topological polar surface area (TPSA) is 108 Å². The number of nitrogens with zero attached hydrogens (tertiary/aromatic N) is 3. The van der Waals surface area contributed by atoms with Crippen molar-refractivity contribution in [1.82, 2.24) is 10.2 Å². The van der Waals surface area contributed by atoms with E-state index in [1.54, 1.807) is 0 Å². The SMILES string of the molecule is COC=Nc1nnc(S(N)(=O)=O)s1. The number of primary sulfonamides is 1. The van der Waals surface area contributed by atoms with E-state index in [0.717, 1.165) is 17.7 Å². The Morgan fingerprint density at radius 2 is 2.31 bits per heavy atom. The first kappa shape index (κ1) is 10.0. The third kappa shape index (κ3) is 2.72. The average Bonchev–Trinajstić information content (AvgIpc) is 2.47. The maximum Gasteiger partial charge on any atom is 0.267 e. The smallest absolute Gasteiger partial charge is 0.267 e. The molecule has 0 bridgehead atoms. The third-order valence-electron chi connectivity index (χ3n) is 0.908. The fraction of sp³-hybridized carbons (Fsp3) is 0.250. The van der Waals surface area contributed by atoms with Crippen LogP contribution >= 0.6 is 11.3 Å². The molecule has 0 atom stereocenters. The standard InChI is InChI=1S/C4H6N4O3S2/c1-11-2-6-3-7-8-4(12-3)13(5,9)10/h2H,1H3,(H2,5,9,10). The summed E-state index contributed by atoms with van der Waals surface area (Å²) in [5.74, 6) is 0. The van der Waals surface area contributed by atoms with Crippen LogP contribution < -0.4 is 5.14 Å². The third-order valence-corrected chi connectivity index (χ3v) is 3.05. The van der Waals surface area contributed by atoms with Crippen molar-refractivity contribution < 1.29 is 13.2 Å². The highest BCUT2D eigenvalue weighted by Gasteiger charge is 2.14. The molecule has 7 nitrogen and oxygen atoms in total. The lowest BCUT2D eigenvalue weighted by atomic mass is 11.2. The second-order valence-corrected chi connectivity index (χ2v) is 4.56. The van der Waals surface area contributed by atoms with Gasteiger partial charge in [0.15, 0.2) is 6.40 Å². The monoisotopic (exact) mass is 222 g/mol. The van der Waals surface area contributed by atoms with Crippen molar-refractivity contribution in [2.45, 2.75) is 4.34 Å². The molecular formula is C4H6N4O3S2. The molecule has 0 aliphatic heterocycles. The van der Waals surface area contributed by atoms with E-state index in [1.807, 2.05) is 0 Å². The van der Waals surface area contributed by atoms with Gasteiger partial charge >= 0.3 is 0 Å². The summed E-state index contributed by atoms with van der Waals surface area (Å²) >= 11 is 0.767. The Labute approximate surface area is 78.3 Å². The van der Waals surface area contributed by atoms with E-state index in [1.165, 1.54) is 7.11 Å². The lowest BCUT2D eigenvalue weighted by molar-refractivity contribution is 0.423. The summed E-state index contributed by atoms with van der Waals surface area (Å²) in [6, 6.07) is 0. The van der Waals surface area contributed by atoms with Gasteiger partial charge in [-0.1, -0.05) is 11.3 Å². The molecule has 0 unspecified atom stereocenters. The number of hydrogen-bond donors (Lipinski definition) is 1. The quantitative estimate of drug-likeness (QED) is 0.547. The Morgan fingerprint density at radius 3 is 2.77 bits per heavy atom. The number of methoxy groups -OCH3 is 1. The van der Waals surface area contributed by atoms with Crippen LogP contribution in [-0.2, 0) is 14.8 Å². The van der Waals surface area contributed by atoms with E-state index in [-0.39, 0.29) is 9.47 Å². The number of rotatable bonds is 3. The summed E-state index contributed by atoms with van der Waals surface area (Å²) in [7, 11) is -2.37. The molecule has 1 rings (SSSR count). The van der Waals surface area contributed by atoms with Crippen molar-refractivity contribution >= 4 is 32.9 Å². The molecule has 0 aromatic carbocycles. The van der Waals surface area contributed by atoms with Crippen LogP contribution in [0.1, 0.15) is 0 Å². The Morgan fingerprint density at radius 1 is 1.62 bits per heavy atom. The molecule has 72 valence electrons. The summed E-state index contributed by atoms with van der Waals surface area (Å²) in [6.45, 7) is 0. The predicted molar refractivity (Wildman–Crippen MR) is 46.4 cm³/mol. The van der Waals surface area contributed by atoms with Crippen LogP contribution in [0.4, 0.5) is 5.13 Å². The van der Waals surface area contributed by atoms with E-state index in [2.05, 4.69) is 19.9 Å². The maximum atomic E-state index is 10.7. The van der Waals surface area contributed by atoms with Gasteiger partial charge in [0.2, 0.25) is 9.47 Å². The van der Waals surface area contributed by atoms with Crippen LogP contribution in [0, 0.1) is 0 Å². The van der Waals surface area contributed by atoms with Crippen LogP contribution in [0.3, 0.4) is 0 Å². The second kappa shape index (κ2) is 3.77. The van der Waals surface area contributed by atoms with Gasteiger partial charge in [-0.15, -0.1) is 10.2 Å². The highest BCUT2D eigenvalue weighted by Crippen LogP contribution is 2.20. The molecule has 2 N–H and O–H groups in total. The highest BCUT2D eigenvalue weighted by molar-refractivity contribution is 7.91. The number of nitrogens with two attached hydrogens (primary N) is 1. The second-order valence-electron chi connectivity index (χ2n) is 1.87. The molecule has 0 saturated heterocycles. The van der Waals surface area contributed by atoms with E-state index in [9.17, 15) is 8.42 Å². The van der Waals surface area contributed by atoms with Crippen LogP contribution in [0.5, 0.6) is 0 Å². The molecule has 1 heterocycles. The molecule has 1 aromatic heterocycles. The first-order valence-corrected chi connectivity index (χ1v) is 5.32. The van der Waals surface area contributed by atoms with E-state index >= 15 is 0 Å². The van der Waals surface area contributed by atoms with Gasteiger partial charge in [-0.05, 0) is 0 Å². The number of aromatic nitrogens is 2. The van der Waals surface area contributed by atoms with E-state index in [4.69, 9.17) is 5.14 Å². The van der Waals surface area contributed by atoms with E-state index in [0.29, 0.717) is 0 Å². The van der Waals surface area contributed by atoms with Crippen molar-refractivity contribution in [2.75, 3.05) is 7.11 Å². The molecule has 0 aliphatic rings. The zero-order chi connectivity index (χ0) is 9.90. The van der Waals surface area contributed by atoms with Gasteiger partial charge in [0.05, 0.1) is 7.11 Å². The average molecular weight is 222 g/mol. The van der Waals surface area contributed by atoms with Crippen molar-refractivity contribution in [1.29, 1.82) is 0 Å². The van der Waals surface area contributed by atoms with Crippen LogP contribution in [0.15, 0.2) is 9.33 Å². The normalized spacial score (nSPS) is 12.2. The molecule has 0 spiro atoms. The van der Waals surface area contributed by atoms with Crippen molar-refractivity contribution in [3.05, 3.63) is 0 Å². The van der Waals surface area contributed by atoms with Gasteiger partial charge in [0.1, 0.15) is 0 Å². The number of aliphatic imine (C=N–C) groups is 1. The van der Waals surface area contributed by atoms with Gasteiger partial charge in [0.25, 0.3) is 10.0 Å². The minimum Gasteiger partial charge on any atom is -0.486 e. The number of ether oxygens (including phenoxy) is 1. The predicted octanol–water partition coefficient (Wildman–Crippen LogP) is -0.508. The van der Waals surface area contributed by atoms with Gasteiger partial charge in [-0.25, -0.2) is 13.6 Å². The summed E-state index contributed by atoms with van der Waals surface area (Å²) in [6.07, 6.45) is 1.12. The van der Waals surface area contributed by atoms with Crippen LogP contribution in [-0.4, -0.2) is 32.1 Å². The molecule has 13 heavy (non-hydrogen) atoms. The minimum absolute atomic E-state index is 0.172. The van der Waals surface area contributed by atoms with E-state index < -0.39 is 10.0 Å². The summed E-state index contributed by atoms with van der Waals surface area (Å²) in [5.41, 5.74) is 0. The van der Waals surface area contributed by atoms with Gasteiger partial charge in [-0.2, -0.15) is 4.99 Å². The fourth-order valence-corrected chi connectivity index (χ4v) is 1.73. The zero-order valence-electron chi connectivity index (χ0n) is 6.54. The van der Waals surface area contributed by atoms with Gasteiger partial charge < -0.3 is 4.74 Å². The Bertz CT molecular complexity index is 409. The van der Waals surface area contributed by atoms with Crippen molar-refractivity contribution in [3.8, 4) is 0 Å². The molecular weight excluding hydrogens is 216 g/mol. The van der Waals surface area contributed by atoms with Gasteiger partial charge in [0, 0.05) is 0 Å². The molecule has 0 fully saturated rings. The highest BCUT2D eigenvalue weighted by atomic mass is 32.2. The Balaban J connectivity index is 2.94. The Kier molecular flexibility index (Phi) is 2.90. The maximum absolute atomic E-state index is 10.7. The summed E-state index contributed by atoms with van der Waals surface area (Å²) < 4.78 is 25.7. The molecule has 0 amide bonds. The lowest BCUT2D eigenvalue weighted by Crippen LogP contribution is -2.11. The largest absolute Gasteiger partial charge is 0.486 e. The zero-order valence-corrected chi connectivity index (χ0v) is 8.17. The summed E-state index contributed by atoms with van der Waals surface area (Å²) in [4.78, 5) is 3.64. The minimum atomic E-state index is -3.78. The number of hydrogen-bond acceptors (Lipinski definition) is 7. The Hall–Kier alpha value is -1.06. The van der Waals surface area contributed by atoms with Crippen LogP contribution in [0.2, 0.25) is 0 Å². The molecule has 0 saturated carbocycles. The first-order chi connectivity index (χ1) is 6.04. The first-order valence-electron chi connectivity index (χ1n) is 2.95. The molecule has 0 aliphatic carbocycles. The lowest BCUT2D eigenvalue weighted by Gasteiger charge is -1.84.